The van der Waals surface area contributed by atoms with E-state index in [9.17, 15) is 9.18 Å². The molecule has 0 bridgehead atoms. The fourth-order valence-corrected chi connectivity index (χ4v) is 2.74. The summed E-state index contributed by atoms with van der Waals surface area (Å²) in [5, 5.41) is 6.32. The lowest BCUT2D eigenvalue weighted by Gasteiger charge is -2.18. The van der Waals surface area contributed by atoms with Gasteiger partial charge in [-0.15, -0.1) is 24.0 Å². The van der Waals surface area contributed by atoms with Crippen LogP contribution >= 0.6 is 24.0 Å². The Balaban J connectivity index is 0.00000450. The average molecular weight is 526 g/mol. The number of ether oxygens (including phenoxy) is 1. The van der Waals surface area contributed by atoms with Gasteiger partial charge in [0.2, 0.25) is 5.91 Å². The Hall–Kier alpha value is -2.62. The maximum atomic E-state index is 13.1. The third kappa shape index (κ3) is 8.40. The van der Waals surface area contributed by atoms with E-state index in [1.807, 2.05) is 24.3 Å². The second kappa shape index (κ2) is 13.6. The number of carbonyl (C=O) groups is 1. The molecule has 30 heavy (non-hydrogen) atoms. The molecule has 2 aromatic carbocycles. The summed E-state index contributed by atoms with van der Waals surface area (Å²) in [5.74, 6) is 0.0997. The Labute approximate surface area is 193 Å². The van der Waals surface area contributed by atoms with Gasteiger partial charge < -0.3 is 21.1 Å². The highest BCUT2D eigenvalue weighted by Crippen LogP contribution is 2.17. The van der Waals surface area contributed by atoms with E-state index in [4.69, 9.17) is 10.5 Å². The predicted molar refractivity (Wildman–Crippen MR) is 129 cm³/mol. The van der Waals surface area contributed by atoms with Crippen LogP contribution in [-0.4, -0.2) is 32.1 Å². The van der Waals surface area contributed by atoms with Gasteiger partial charge in [0, 0.05) is 25.7 Å². The molecule has 0 saturated carbocycles. The molecule has 8 heteroatoms. The Morgan fingerprint density at radius 1 is 1.23 bits per heavy atom. The summed E-state index contributed by atoms with van der Waals surface area (Å²) in [4.78, 5) is 16.0. The van der Waals surface area contributed by atoms with Gasteiger partial charge in [-0.25, -0.2) is 4.39 Å². The molecule has 162 valence electrons. The minimum atomic E-state index is -0.456. The van der Waals surface area contributed by atoms with Gasteiger partial charge in [0.15, 0.2) is 5.96 Å². The fourth-order valence-electron chi connectivity index (χ4n) is 2.74. The zero-order valence-corrected chi connectivity index (χ0v) is 19.3. The summed E-state index contributed by atoms with van der Waals surface area (Å²) < 4.78 is 18.7. The standard InChI is InChI=1S/C22H27FN4O2.HI/c1-3-12-29-20-7-5-4-6-17(20)14-26-22(25-2)27-15-18(21(24)28)13-16-8-10-19(23)11-9-16;/h3-11,18H,1,12-15H2,2H3,(H2,24,28)(H2,25,26,27);1H. The normalized spacial score (nSPS) is 11.7. The van der Waals surface area contributed by atoms with Gasteiger partial charge in [0.25, 0.3) is 0 Å². The lowest BCUT2D eigenvalue weighted by Crippen LogP contribution is -2.42. The number of aliphatic imine (C=N–C) groups is 1. The van der Waals surface area contributed by atoms with E-state index in [0.29, 0.717) is 32.1 Å². The summed E-state index contributed by atoms with van der Waals surface area (Å²) in [6, 6.07) is 13.7. The molecule has 0 spiro atoms. The van der Waals surface area contributed by atoms with E-state index in [0.717, 1.165) is 16.9 Å². The summed E-state index contributed by atoms with van der Waals surface area (Å²) in [7, 11) is 1.65. The molecule has 1 atom stereocenters. The molecule has 1 unspecified atom stereocenters. The number of nitrogens with one attached hydrogen (secondary N) is 2. The molecule has 1 amide bonds. The van der Waals surface area contributed by atoms with E-state index >= 15 is 0 Å². The molecule has 0 fully saturated rings. The monoisotopic (exact) mass is 526 g/mol. The Bertz CT molecular complexity index is 843. The number of hydrogen-bond acceptors (Lipinski definition) is 3. The number of benzene rings is 2. The van der Waals surface area contributed by atoms with Crippen LogP contribution in [-0.2, 0) is 17.8 Å². The van der Waals surface area contributed by atoms with E-state index in [2.05, 4.69) is 22.2 Å². The predicted octanol–water partition coefficient (Wildman–Crippen LogP) is 3.02. The number of carbonyl (C=O) groups excluding carboxylic acids is 1. The van der Waals surface area contributed by atoms with Crippen molar-refractivity contribution in [3.05, 3.63) is 78.1 Å². The maximum absolute atomic E-state index is 13.1. The van der Waals surface area contributed by atoms with Gasteiger partial charge in [-0.05, 0) is 30.2 Å². The van der Waals surface area contributed by atoms with Crippen molar-refractivity contribution in [3.8, 4) is 5.75 Å². The second-order valence-corrected chi connectivity index (χ2v) is 6.44. The van der Waals surface area contributed by atoms with Crippen molar-refractivity contribution >= 4 is 35.8 Å². The Morgan fingerprint density at radius 3 is 2.57 bits per heavy atom. The van der Waals surface area contributed by atoms with Crippen molar-refractivity contribution in [2.45, 2.75) is 13.0 Å². The van der Waals surface area contributed by atoms with Crippen LogP contribution in [0.2, 0.25) is 0 Å². The SMILES string of the molecule is C=CCOc1ccccc1CNC(=NC)NCC(Cc1ccc(F)cc1)C(N)=O.I. The van der Waals surface area contributed by atoms with Crippen LogP contribution in [0.1, 0.15) is 11.1 Å². The van der Waals surface area contributed by atoms with Gasteiger partial charge in [0.05, 0.1) is 5.92 Å². The van der Waals surface area contributed by atoms with Gasteiger partial charge in [-0.2, -0.15) is 0 Å². The van der Waals surface area contributed by atoms with Crippen LogP contribution in [0.4, 0.5) is 4.39 Å². The Kier molecular flexibility index (Phi) is 11.5. The number of guanidine groups is 1. The molecule has 0 saturated heterocycles. The summed E-state index contributed by atoms with van der Waals surface area (Å²) in [6.07, 6.45) is 2.10. The van der Waals surface area contributed by atoms with Crippen LogP contribution in [0.25, 0.3) is 0 Å². The zero-order valence-electron chi connectivity index (χ0n) is 16.9. The third-order valence-electron chi connectivity index (χ3n) is 4.31. The quantitative estimate of drug-likeness (QED) is 0.192. The minimum absolute atomic E-state index is 0. The van der Waals surface area contributed by atoms with Crippen molar-refractivity contribution in [3.63, 3.8) is 0 Å². The minimum Gasteiger partial charge on any atom is -0.489 e. The summed E-state index contributed by atoms with van der Waals surface area (Å²) in [6.45, 7) is 4.88. The molecule has 0 heterocycles. The van der Waals surface area contributed by atoms with Crippen LogP contribution in [0.15, 0.2) is 66.2 Å². The first-order valence-electron chi connectivity index (χ1n) is 9.33. The molecule has 0 radical (unpaired) electrons. The fraction of sp³-hybridized carbons (Fsp3) is 0.273. The third-order valence-corrected chi connectivity index (χ3v) is 4.31. The molecule has 2 aromatic rings. The molecule has 4 N–H and O–H groups in total. The number of nitrogens with two attached hydrogens (primary N) is 1. The van der Waals surface area contributed by atoms with Crippen LogP contribution in [0, 0.1) is 11.7 Å². The molecule has 6 nitrogen and oxygen atoms in total. The van der Waals surface area contributed by atoms with Crippen molar-refractivity contribution in [1.82, 2.24) is 10.6 Å². The zero-order chi connectivity index (χ0) is 21.1. The van der Waals surface area contributed by atoms with Crippen molar-refractivity contribution in [1.29, 1.82) is 0 Å². The highest BCUT2D eigenvalue weighted by atomic mass is 127. The van der Waals surface area contributed by atoms with Crippen LogP contribution in [0.5, 0.6) is 5.75 Å². The number of primary amides is 1. The van der Waals surface area contributed by atoms with Crippen molar-refractivity contribution in [2.75, 3.05) is 20.2 Å². The lowest BCUT2D eigenvalue weighted by atomic mass is 9.98. The largest absolute Gasteiger partial charge is 0.489 e. The smallest absolute Gasteiger partial charge is 0.222 e. The second-order valence-electron chi connectivity index (χ2n) is 6.44. The highest BCUT2D eigenvalue weighted by Gasteiger charge is 2.17. The van der Waals surface area contributed by atoms with Gasteiger partial charge in [-0.1, -0.05) is 43.0 Å². The molecule has 2 rings (SSSR count). The molecular weight excluding hydrogens is 498 g/mol. The van der Waals surface area contributed by atoms with Crippen molar-refractivity contribution < 1.29 is 13.9 Å². The summed E-state index contributed by atoms with van der Waals surface area (Å²) in [5.41, 5.74) is 7.34. The van der Waals surface area contributed by atoms with Gasteiger partial charge >= 0.3 is 0 Å². The number of hydrogen-bond donors (Lipinski definition) is 3. The number of amides is 1. The van der Waals surface area contributed by atoms with E-state index in [1.54, 1.807) is 25.3 Å². The molecule has 0 aliphatic carbocycles. The highest BCUT2D eigenvalue weighted by molar-refractivity contribution is 14.0. The number of para-hydroxylation sites is 1. The lowest BCUT2D eigenvalue weighted by molar-refractivity contribution is -0.121. The number of halogens is 2. The number of nitrogens with zero attached hydrogens (tertiary/aromatic N) is 1. The first kappa shape index (κ1) is 25.4. The van der Waals surface area contributed by atoms with Crippen LogP contribution in [0.3, 0.4) is 0 Å². The topological polar surface area (TPSA) is 88.7 Å². The first-order valence-corrected chi connectivity index (χ1v) is 9.33. The van der Waals surface area contributed by atoms with Gasteiger partial charge in [0.1, 0.15) is 18.2 Å². The van der Waals surface area contributed by atoms with Gasteiger partial charge in [-0.3, -0.25) is 9.79 Å². The van der Waals surface area contributed by atoms with E-state index in [1.165, 1.54) is 12.1 Å². The van der Waals surface area contributed by atoms with Crippen molar-refractivity contribution in [2.24, 2.45) is 16.6 Å². The number of rotatable bonds is 10. The molecular formula is C22H28FIN4O2. The van der Waals surface area contributed by atoms with E-state index in [-0.39, 0.29) is 29.8 Å². The first-order chi connectivity index (χ1) is 14.0. The summed E-state index contributed by atoms with van der Waals surface area (Å²) >= 11 is 0. The average Bonchev–Trinajstić information content (AvgIpc) is 2.73. The van der Waals surface area contributed by atoms with Crippen LogP contribution < -0.4 is 21.1 Å². The molecule has 0 aliphatic rings. The molecule has 0 aromatic heterocycles. The maximum Gasteiger partial charge on any atom is 0.222 e. The van der Waals surface area contributed by atoms with E-state index < -0.39 is 11.8 Å². The molecule has 0 aliphatic heterocycles. The Morgan fingerprint density at radius 2 is 1.93 bits per heavy atom.